The average molecular weight is 268 g/mol. The van der Waals surface area contributed by atoms with Crippen molar-refractivity contribution in [1.29, 1.82) is 0 Å². The van der Waals surface area contributed by atoms with Gasteiger partial charge in [-0.25, -0.2) is 0 Å². The number of nitrogens with two attached hydrogens (primary N) is 1. The molecule has 0 bridgehead atoms. The van der Waals surface area contributed by atoms with E-state index in [1.165, 1.54) is 5.56 Å². The molecule has 2 aromatic carbocycles. The largest absolute Gasteiger partial charge is 0.399 e. The summed E-state index contributed by atoms with van der Waals surface area (Å²) in [4.78, 5) is 14.1. The van der Waals surface area contributed by atoms with Crippen molar-refractivity contribution >= 4 is 11.6 Å². The normalized spacial score (nSPS) is 10.3. The molecule has 2 aromatic rings. The third-order valence-electron chi connectivity index (χ3n) is 3.37. The molecule has 104 valence electrons. The summed E-state index contributed by atoms with van der Waals surface area (Å²) in [6, 6.07) is 13.6. The number of rotatable bonds is 3. The lowest BCUT2D eigenvalue weighted by atomic mass is 10.1. The van der Waals surface area contributed by atoms with Crippen LogP contribution in [-0.2, 0) is 6.54 Å². The number of carbonyl (C=O) groups is 1. The highest BCUT2D eigenvalue weighted by atomic mass is 16.2. The number of carbonyl (C=O) groups excluding carboxylic acids is 1. The van der Waals surface area contributed by atoms with Gasteiger partial charge in [-0.3, -0.25) is 4.79 Å². The Bertz CT molecular complexity index is 635. The predicted octanol–water partition coefficient (Wildman–Crippen LogP) is 3.16. The fourth-order valence-corrected chi connectivity index (χ4v) is 2.19. The van der Waals surface area contributed by atoms with Crippen LogP contribution in [0.2, 0.25) is 0 Å². The second-order valence-corrected chi connectivity index (χ2v) is 5.22. The minimum absolute atomic E-state index is 0.00889. The van der Waals surface area contributed by atoms with Crippen molar-refractivity contribution in [3.05, 3.63) is 64.7 Å². The van der Waals surface area contributed by atoms with Crippen LogP contribution in [0.5, 0.6) is 0 Å². The molecule has 0 atom stereocenters. The van der Waals surface area contributed by atoms with Crippen LogP contribution in [0.25, 0.3) is 0 Å². The summed E-state index contributed by atoms with van der Waals surface area (Å²) in [7, 11) is 1.82. The van der Waals surface area contributed by atoms with Crippen LogP contribution in [0.1, 0.15) is 27.0 Å². The van der Waals surface area contributed by atoms with Gasteiger partial charge in [-0.2, -0.15) is 0 Å². The summed E-state index contributed by atoms with van der Waals surface area (Å²) in [5.41, 5.74) is 10.4. The molecule has 3 heteroatoms. The Morgan fingerprint density at radius 1 is 1.15 bits per heavy atom. The molecule has 0 saturated heterocycles. The third kappa shape index (κ3) is 3.18. The van der Waals surface area contributed by atoms with Gasteiger partial charge in [0, 0.05) is 24.8 Å². The van der Waals surface area contributed by atoms with Crippen LogP contribution in [0.15, 0.2) is 42.5 Å². The topological polar surface area (TPSA) is 46.3 Å². The quantitative estimate of drug-likeness (QED) is 0.869. The Morgan fingerprint density at radius 2 is 1.90 bits per heavy atom. The summed E-state index contributed by atoms with van der Waals surface area (Å²) >= 11 is 0. The Morgan fingerprint density at radius 3 is 2.55 bits per heavy atom. The highest BCUT2D eigenvalue weighted by Crippen LogP contribution is 2.15. The van der Waals surface area contributed by atoms with E-state index in [9.17, 15) is 4.79 Å². The lowest BCUT2D eigenvalue weighted by molar-refractivity contribution is 0.0785. The van der Waals surface area contributed by atoms with E-state index < -0.39 is 0 Å². The molecule has 0 aromatic heterocycles. The van der Waals surface area contributed by atoms with E-state index in [0.717, 1.165) is 11.1 Å². The Hall–Kier alpha value is -2.29. The number of nitrogen functional groups attached to an aromatic ring is 1. The van der Waals surface area contributed by atoms with E-state index in [-0.39, 0.29) is 5.91 Å². The van der Waals surface area contributed by atoms with Crippen molar-refractivity contribution in [2.45, 2.75) is 20.4 Å². The van der Waals surface area contributed by atoms with Gasteiger partial charge in [-0.1, -0.05) is 29.8 Å². The molecular formula is C17H20N2O. The van der Waals surface area contributed by atoms with Crippen LogP contribution in [0.3, 0.4) is 0 Å². The van der Waals surface area contributed by atoms with Gasteiger partial charge < -0.3 is 10.6 Å². The molecule has 2 N–H and O–H groups in total. The molecule has 0 fully saturated rings. The van der Waals surface area contributed by atoms with Gasteiger partial charge in [-0.15, -0.1) is 0 Å². The van der Waals surface area contributed by atoms with Crippen LogP contribution in [-0.4, -0.2) is 17.9 Å². The first kappa shape index (κ1) is 14.1. The number of hydrogen-bond donors (Lipinski definition) is 1. The minimum Gasteiger partial charge on any atom is -0.399 e. The molecule has 0 saturated carbocycles. The van der Waals surface area contributed by atoms with Crippen molar-refractivity contribution in [2.75, 3.05) is 12.8 Å². The number of hydrogen-bond acceptors (Lipinski definition) is 2. The van der Waals surface area contributed by atoms with E-state index in [1.807, 2.05) is 32.2 Å². The average Bonchev–Trinajstić information content (AvgIpc) is 2.41. The smallest absolute Gasteiger partial charge is 0.253 e. The number of aryl methyl sites for hydroxylation is 2. The number of anilines is 1. The van der Waals surface area contributed by atoms with Crippen LogP contribution in [0.4, 0.5) is 5.69 Å². The molecule has 0 aliphatic carbocycles. The molecule has 1 amide bonds. The second-order valence-electron chi connectivity index (χ2n) is 5.22. The molecule has 0 aliphatic rings. The van der Waals surface area contributed by atoms with Crippen LogP contribution >= 0.6 is 0 Å². The van der Waals surface area contributed by atoms with E-state index in [2.05, 4.69) is 19.1 Å². The fourth-order valence-electron chi connectivity index (χ4n) is 2.19. The predicted molar refractivity (Wildman–Crippen MR) is 82.6 cm³/mol. The molecule has 0 radical (unpaired) electrons. The first-order valence-electron chi connectivity index (χ1n) is 6.64. The molecule has 20 heavy (non-hydrogen) atoms. The lowest BCUT2D eigenvalue weighted by Gasteiger charge is -2.18. The van der Waals surface area contributed by atoms with E-state index in [0.29, 0.717) is 17.8 Å². The SMILES string of the molecule is Cc1cccc(CN(C)C(=O)c2ccc(N)c(C)c2)c1. The molecule has 3 nitrogen and oxygen atoms in total. The lowest BCUT2D eigenvalue weighted by Crippen LogP contribution is -2.26. The number of nitrogens with zero attached hydrogens (tertiary/aromatic N) is 1. The van der Waals surface area contributed by atoms with Crippen molar-refractivity contribution in [3.63, 3.8) is 0 Å². The minimum atomic E-state index is 0.00889. The maximum absolute atomic E-state index is 12.4. The second kappa shape index (κ2) is 5.78. The van der Waals surface area contributed by atoms with Crippen molar-refractivity contribution in [1.82, 2.24) is 4.90 Å². The standard InChI is InChI=1S/C17H20N2O/c1-12-5-4-6-14(9-12)11-19(3)17(20)15-7-8-16(18)13(2)10-15/h4-10H,11,18H2,1-3H3. The van der Waals surface area contributed by atoms with Gasteiger partial charge >= 0.3 is 0 Å². The van der Waals surface area contributed by atoms with Gasteiger partial charge in [0.2, 0.25) is 0 Å². The highest BCUT2D eigenvalue weighted by Gasteiger charge is 2.12. The first-order valence-corrected chi connectivity index (χ1v) is 6.64. The third-order valence-corrected chi connectivity index (χ3v) is 3.37. The van der Waals surface area contributed by atoms with E-state index in [1.54, 1.807) is 17.0 Å². The maximum atomic E-state index is 12.4. The van der Waals surface area contributed by atoms with Gasteiger partial charge in [-0.05, 0) is 43.2 Å². The van der Waals surface area contributed by atoms with Crippen molar-refractivity contribution < 1.29 is 4.79 Å². The van der Waals surface area contributed by atoms with Gasteiger partial charge in [0.15, 0.2) is 0 Å². The number of amides is 1. The van der Waals surface area contributed by atoms with Crippen molar-refractivity contribution in [3.8, 4) is 0 Å². The summed E-state index contributed by atoms with van der Waals surface area (Å²) in [6.45, 7) is 4.56. The molecule has 0 heterocycles. The zero-order chi connectivity index (χ0) is 14.7. The Balaban J connectivity index is 2.14. The summed E-state index contributed by atoms with van der Waals surface area (Å²) in [6.07, 6.45) is 0. The first-order chi connectivity index (χ1) is 9.47. The zero-order valence-electron chi connectivity index (χ0n) is 12.2. The monoisotopic (exact) mass is 268 g/mol. The zero-order valence-corrected chi connectivity index (χ0v) is 12.2. The number of benzene rings is 2. The van der Waals surface area contributed by atoms with Gasteiger partial charge in [0.05, 0.1) is 0 Å². The Labute approximate surface area is 120 Å². The molecule has 0 spiro atoms. The molecule has 2 rings (SSSR count). The molecule has 0 aliphatic heterocycles. The van der Waals surface area contributed by atoms with Crippen LogP contribution < -0.4 is 5.73 Å². The summed E-state index contributed by atoms with van der Waals surface area (Å²) in [5.74, 6) is 0.00889. The Kier molecular flexibility index (Phi) is 4.08. The summed E-state index contributed by atoms with van der Waals surface area (Å²) in [5, 5.41) is 0. The van der Waals surface area contributed by atoms with Crippen molar-refractivity contribution in [2.24, 2.45) is 0 Å². The van der Waals surface area contributed by atoms with Gasteiger partial charge in [0.1, 0.15) is 0 Å². The molecular weight excluding hydrogens is 248 g/mol. The van der Waals surface area contributed by atoms with E-state index in [4.69, 9.17) is 5.73 Å². The van der Waals surface area contributed by atoms with Gasteiger partial charge in [0.25, 0.3) is 5.91 Å². The van der Waals surface area contributed by atoms with E-state index >= 15 is 0 Å². The maximum Gasteiger partial charge on any atom is 0.253 e. The highest BCUT2D eigenvalue weighted by molar-refractivity contribution is 5.94. The summed E-state index contributed by atoms with van der Waals surface area (Å²) < 4.78 is 0. The fraction of sp³-hybridized carbons (Fsp3) is 0.235. The molecule has 0 unspecified atom stereocenters. The van der Waals surface area contributed by atoms with Crippen LogP contribution in [0, 0.1) is 13.8 Å².